The number of carbonyl (C=O) groups excluding carboxylic acids is 1. The van der Waals surface area contributed by atoms with Crippen LogP contribution >= 0.6 is 0 Å². The van der Waals surface area contributed by atoms with Gasteiger partial charge in [-0.25, -0.2) is 14.8 Å². The number of nitrogens with one attached hydrogen (secondary N) is 1. The fourth-order valence-corrected chi connectivity index (χ4v) is 3.40. The zero-order chi connectivity index (χ0) is 20.6. The van der Waals surface area contributed by atoms with Crippen molar-refractivity contribution in [1.29, 1.82) is 0 Å². The number of aromatic carboxylic acids is 1. The number of aromatic nitrogens is 2. The van der Waals surface area contributed by atoms with Gasteiger partial charge < -0.3 is 20.2 Å². The fourth-order valence-electron chi connectivity index (χ4n) is 3.40. The van der Waals surface area contributed by atoms with Gasteiger partial charge in [0.15, 0.2) is 0 Å². The lowest BCUT2D eigenvalue weighted by atomic mass is 10.1. The van der Waals surface area contributed by atoms with E-state index in [1.807, 2.05) is 13.0 Å². The predicted octanol–water partition coefficient (Wildman–Crippen LogP) is 3.02. The smallest absolute Gasteiger partial charge is 0.337 e. The van der Waals surface area contributed by atoms with Crippen molar-refractivity contribution in [3.8, 4) is 0 Å². The Morgan fingerprint density at radius 1 is 1.10 bits per heavy atom. The van der Waals surface area contributed by atoms with E-state index in [0.29, 0.717) is 18.1 Å². The molecule has 1 aliphatic rings. The van der Waals surface area contributed by atoms with Crippen LogP contribution in [-0.2, 0) is 4.79 Å². The Kier molecular flexibility index (Phi) is 6.99. The van der Waals surface area contributed by atoms with E-state index in [9.17, 15) is 14.7 Å². The molecule has 29 heavy (non-hydrogen) atoms. The molecule has 0 aliphatic carbocycles. The second kappa shape index (κ2) is 9.86. The van der Waals surface area contributed by atoms with Gasteiger partial charge in [0.1, 0.15) is 0 Å². The number of carboxylic acids is 1. The van der Waals surface area contributed by atoms with Crippen LogP contribution in [-0.4, -0.2) is 53.1 Å². The summed E-state index contributed by atoms with van der Waals surface area (Å²) in [5.41, 5.74) is 1.29. The van der Waals surface area contributed by atoms with Crippen molar-refractivity contribution < 1.29 is 14.7 Å². The van der Waals surface area contributed by atoms with Crippen molar-refractivity contribution in [3.05, 3.63) is 42.2 Å². The normalized spacial score (nSPS) is 14.4. The van der Waals surface area contributed by atoms with E-state index in [-0.39, 0.29) is 11.5 Å². The Balaban J connectivity index is 1.72. The number of hydrogen-bond acceptors (Lipinski definition) is 6. The maximum atomic E-state index is 12.0. The molecule has 8 nitrogen and oxygen atoms in total. The number of rotatable bonds is 7. The summed E-state index contributed by atoms with van der Waals surface area (Å²) in [6.07, 6.45) is 6.46. The molecule has 1 aromatic heterocycles. The highest BCUT2D eigenvalue weighted by molar-refractivity contribution is 6.01. The maximum Gasteiger partial charge on any atom is 0.337 e. The molecule has 3 rings (SSSR count). The van der Waals surface area contributed by atoms with Crippen molar-refractivity contribution in [2.24, 2.45) is 0 Å². The molecule has 154 valence electrons. The summed E-state index contributed by atoms with van der Waals surface area (Å²) in [5, 5.41) is 12.4. The van der Waals surface area contributed by atoms with Gasteiger partial charge in [0.2, 0.25) is 11.9 Å². The Labute approximate surface area is 170 Å². The van der Waals surface area contributed by atoms with Crippen molar-refractivity contribution in [2.45, 2.75) is 32.6 Å². The van der Waals surface area contributed by atoms with Gasteiger partial charge in [-0.1, -0.05) is 13.3 Å². The number of nitrogens with zero attached hydrogens (tertiary/aromatic N) is 4. The lowest BCUT2D eigenvalue weighted by Gasteiger charge is -2.24. The van der Waals surface area contributed by atoms with Gasteiger partial charge in [-0.15, -0.1) is 0 Å². The molecule has 1 saturated heterocycles. The Bertz CT molecular complexity index is 843. The van der Waals surface area contributed by atoms with Gasteiger partial charge in [0.25, 0.3) is 0 Å². The molecule has 0 spiro atoms. The number of carbonyl (C=O) groups is 2. The van der Waals surface area contributed by atoms with Crippen LogP contribution in [0.5, 0.6) is 0 Å². The van der Waals surface area contributed by atoms with Gasteiger partial charge in [0.05, 0.1) is 11.3 Å². The fraction of sp³-hybridized carbons (Fsp3) is 0.429. The molecule has 0 radical (unpaired) electrons. The number of anilines is 3. The predicted molar refractivity (Wildman–Crippen MR) is 113 cm³/mol. The molecule has 0 bridgehead atoms. The van der Waals surface area contributed by atoms with Crippen molar-refractivity contribution in [3.63, 3.8) is 0 Å². The minimum atomic E-state index is -1.05. The third kappa shape index (κ3) is 5.43. The molecule has 1 aliphatic heterocycles. The van der Waals surface area contributed by atoms with E-state index < -0.39 is 5.97 Å². The molecule has 2 N–H and O–H groups in total. The first-order valence-corrected chi connectivity index (χ1v) is 10.0. The minimum Gasteiger partial charge on any atom is -0.478 e. The summed E-state index contributed by atoms with van der Waals surface area (Å²) in [4.78, 5) is 36.7. The molecule has 8 heteroatoms. The lowest BCUT2D eigenvalue weighted by molar-refractivity contribution is -0.116. The maximum absolute atomic E-state index is 12.0. The topological polar surface area (TPSA) is 98.7 Å². The van der Waals surface area contributed by atoms with Crippen molar-refractivity contribution in [2.75, 3.05) is 41.3 Å². The monoisotopic (exact) mass is 397 g/mol. The SMILES string of the molecule is CCCCC(=O)Nc1ccc(N2CCCN(c3ncccn3)CC2)cc1C(=O)O. The third-order valence-corrected chi connectivity index (χ3v) is 4.96. The van der Waals surface area contributed by atoms with Crippen LogP contribution in [0.25, 0.3) is 0 Å². The van der Waals surface area contributed by atoms with Crippen LogP contribution < -0.4 is 15.1 Å². The molecule has 2 aromatic rings. The van der Waals surface area contributed by atoms with E-state index in [2.05, 4.69) is 25.1 Å². The zero-order valence-electron chi connectivity index (χ0n) is 16.7. The first-order chi connectivity index (χ1) is 14.1. The summed E-state index contributed by atoms with van der Waals surface area (Å²) in [7, 11) is 0. The molecule has 2 heterocycles. The van der Waals surface area contributed by atoms with E-state index in [1.165, 1.54) is 0 Å². The van der Waals surface area contributed by atoms with E-state index in [0.717, 1.165) is 51.1 Å². The second-order valence-corrected chi connectivity index (χ2v) is 7.06. The molecular formula is C21H27N5O3. The number of amides is 1. The second-order valence-electron chi connectivity index (χ2n) is 7.06. The average Bonchev–Trinajstić information content (AvgIpc) is 2.99. The average molecular weight is 397 g/mol. The van der Waals surface area contributed by atoms with E-state index in [4.69, 9.17) is 0 Å². The Morgan fingerprint density at radius 3 is 2.55 bits per heavy atom. The zero-order valence-corrected chi connectivity index (χ0v) is 16.7. The van der Waals surface area contributed by atoms with Crippen LogP contribution in [0.3, 0.4) is 0 Å². The molecule has 0 atom stereocenters. The van der Waals surface area contributed by atoms with Crippen LogP contribution in [0, 0.1) is 0 Å². The molecule has 1 aromatic carbocycles. The highest BCUT2D eigenvalue weighted by Crippen LogP contribution is 2.25. The summed E-state index contributed by atoms with van der Waals surface area (Å²) >= 11 is 0. The van der Waals surface area contributed by atoms with E-state index in [1.54, 1.807) is 30.6 Å². The van der Waals surface area contributed by atoms with Gasteiger partial charge in [-0.05, 0) is 37.1 Å². The number of unbranched alkanes of at least 4 members (excludes halogenated alkanes) is 1. The Morgan fingerprint density at radius 2 is 1.83 bits per heavy atom. The first kappa shape index (κ1) is 20.6. The minimum absolute atomic E-state index is 0.111. The van der Waals surface area contributed by atoms with Crippen molar-refractivity contribution >= 4 is 29.2 Å². The van der Waals surface area contributed by atoms with Crippen LogP contribution in [0.2, 0.25) is 0 Å². The molecular weight excluding hydrogens is 370 g/mol. The summed E-state index contributed by atoms with van der Waals surface area (Å²) < 4.78 is 0. The molecule has 1 fully saturated rings. The Hall–Kier alpha value is -3.16. The highest BCUT2D eigenvalue weighted by Gasteiger charge is 2.20. The largest absolute Gasteiger partial charge is 0.478 e. The standard InChI is InChI=1S/C21H27N5O3/c1-2-3-6-19(27)24-18-8-7-16(15-17(18)20(28)29)25-11-5-12-26(14-13-25)21-22-9-4-10-23-21/h4,7-10,15H,2-3,5-6,11-14H2,1H3,(H,24,27)(H,28,29). The number of benzene rings is 1. The first-order valence-electron chi connectivity index (χ1n) is 10.0. The number of hydrogen-bond donors (Lipinski definition) is 2. The number of carboxylic acid groups (broad SMARTS) is 1. The molecule has 0 unspecified atom stereocenters. The van der Waals surface area contributed by atoms with Gasteiger partial charge in [0, 0.05) is 50.7 Å². The van der Waals surface area contributed by atoms with E-state index >= 15 is 0 Å². The van der Waals surface area contributed by atoms with Crippen LogP contribution in [0.1, 0.15) is 43.0 Å². The molecule has 1 amide bonds. The third-order valence-electron chi connectivity index (χ3n) is 4.96. The lowest BCUT2D eigenvalue weighted by Crippen LogP contribution is -2.31. The summed E-state index contributed by atoms with van der Waals surface area (Å²) in [6, 6.07) is 7.00. The van der Waals surface area contributed by atoms with Gasteiger partial charge >= 0.3 is 5.97 Å². The van der Waals surface area contributed by atoms with Crippen LogP contribution in [0.4, 0.5) is 17.3 Å². The molecule has 0 saturated carbocycles. The van der Waals surface area contributed by atoms with Gasteiger partial charge in [-0.3, -0.25) is 4.79 Å². The summed E-state index contributed by atoms with van der Waals surface area (Å²) in [5.74, 6) is -0.493. The van der Waals surface area contributed by atoms with Crippen LogP contribution in [0.15, 0.2) is 36.7 Å². The quantitative estimate of drug-likeness (QED) is 0.741. The summed E-state index contributed by atoms with van der Waals surface area (Å²) in [6.45, 7) is 5.15. The van der Waals surface area contributed by atoms with Gasteiger partial charge in [-0.2, -0.15) is 0 Å². The highest BCUT2D eigenvalue weighted by atomic mass is 16.4. The van der Waals surface area contributed by atoms with Crippen molar-refractivity contribution in [1.82, 2.24) is 9.97 Å².